The van der Waals surface area contributed by atoms with Crippen LogP contribution in [0, 0.1) is 5.41 Å². The lowest BCUT2D eigenvalue weighted by atomic mass is 9.88. The molecule has 1 atom stereocenters. The van der Waals surface area contributed by atoms with E-state index in [9.17, 15) is 9.90 Å². The number of nitrogens with one attached hydrogen (secondary N) is 2. The quantitative estimate of drug-likeness (QED) is 0.745. The Morgan fingerprint density at radius 1 is 1.50 bits per heavy atom. The first-order valence-electron chi connectivity index (χ1n) is 7.08. The minimum absolute atomic E-state index is 0.0455. The fourth-order valence-electron chi connectivity index (χ4n) is 2.11. The van der Waals surface area contributed by atoms with Gasteiger partial charge in [0.25, 0.3) is 0 Å². The number of hydrogen-bond donors (Lipinski definition) is 3. The highest BCUT2D eigenvalue weighted by Gasteiger charge is 2.22. The number of hydrogen-bond acceptors (Lipinski definition) is 3. The molecule has 5 heteroatoms. The Balaban J connectivity index is 2.05. The van der Waals surface area contributed by atoms with Gasteiger partial charge in [-0.3, -0.25) is 4.90 Å². The van der Waals surface area contributed by atoms with Crippen LogP contribution in [-0.4, -0.2) is 37.4 Å². The molecule has 110 valence electrons. The van der Waals surface area contributed by atoms with Gasteiger partial charge in [-0.1, -0.05) is 19.9 Å². The van der Waals surface area contributed by atoms with E-state index in [-0.39, 0.29) is 18.1 Å². The SMILES string of the molecule is CCC(C)(CO)CNc1cccc(N2CCNC2=O)c1. The largest absolute Gasteiger partial charge is 0.396 e. The summed E-state index contributed by atoms with van der Waals surface area (Å²) in [6.07, 6.45) is 0.907. The van der Waals surface area contributed by atoms with Gasteiger partial charge in [0, 0.05) is 36.4 Å². The van der Waals surface area contributed by atoms with E-state index in [0.717, 1.165) is 17.8 Å². The van der Waals surface area contributed by atoms with Gasteiger partial charge in [0.2, 0.25) is 0 Å². The number of aliphatic hydroxyl groups is 1. The smallest absolute Gasteiger partial charge is 0.321 e. The van der Waals surface area contributed by atoms with Crippen LogP contribution in [0.4, 0.5) is 16.2 Å². The zero-order valence-corrected chi connectivity index (χ0v) is 12.1. The first-order chi connectivity index (χ1) is 9.58. The second-order valence-corrected chi connectivity index (χ2v) is 5.61. The minimum Gasteiger partial charge on any atom is -0.396 e. The van der Waals surface area contributed by atoms with Gasteiger partial charge in [0.15, 0.2) is 0 Å². The van der Waals surface area contributed by atoms with Gasteiger partial charge in [-0.05, 0) is 24.6 Å². The molecule has 1 unspecified atom stereocenters. The number of carbonyl (C=O) groups excluding carboxylic acids is 1. The first-order valence-corrected chi connectivity index (χ1v) is 7.08. The molecule has 1 heterocycles. The van der Waals surface area contributed by atoms with Crippen LogP contribution in [0.3, 0.4) is 0 Å². The Kier molecular flexibility index (Phi) is 4.49. The normalized spacial score (nSPS) is 17.8. The molecule has 0 bridgehead atoms. The van der Waals surface area contributed by atoms with Crippen molar-refractivity contribution in [3.63, 3.8) is 0 Å². The summed E-state index contributed by atoms with van der Waals surface area (Å²) < 4.78 is 0. The highest BCUT2D eigenvalue weighted by atomic mass is 16.3. The maximum Gasteiger partial charge on any atom is 0.321 e. The molecule has 1 fully saturated rings. The maximum atomic E-state index is 11.7. The van der Waals surface area contributed by atoms with E-state index in [1.165, 1.54) is 0 Å². The first kappa shape index (κ1) is 14.7. The third-order valence-corrected chi connectivity index (χ3v) is 3.97. The third kappa shape index (κ3) is 3.22. The Labute approximate surface area is 120 Å². The molecule has 1 aliphatic rings. The van der Waals surface area contributed by atoms with Crippen molar-refractivity contribution >= 4 is 17.4 Å². The number of rotatable bonds is 6. The molecule has 1 saturated heterocycles. The molecule has 3 N–H and O–H groups in total. The lowest BCUT2D eigenvalue weighted by molar-refractivity contribution is 0.149. The van der Waals surface area contributed by atoms with Crippen LogP contribution >= 0.6 is 0 Å². The lowest BCUT2D eigenvalue weighted by Crippen LogP contribution is -2.30. The molecule has 0 aliphatic carbocycles. The number of urea groups is 1. The predicted octanol–water partition coefficient (Wildman–Crippen LogP) is 2.04. The fraction of sp³-hybridized carbons (Fsp3) is 0.533. The van der Waals surface area contributed by atoms with Crippen molar-refractivity contribution in [3.05, 3.63) is 24.3 Å². The molecule has 1 aromatic rings. The predicted molar refractivity (Wildman–Crippen MR) is 81.2 cm³/mol. The molecule has 20 heavy (non-hydrogen) atoms. The van der Waals surface area contributed by atoms with Crippen molar-refractivity contribution in [2.24, 2.45) is 5.41 Å². The molecule has 0 radical (unpaired) electrons. The van der Waals surface area contributed by atoms with Crippen LogP contribution in [0.1, 0.15) is 20.3 Å². The van der Waals surface area contributed by atoms with Gasteiger partial charge in [-0.2, -0.15) is 0 Å². The molecule has 1 aliphatic heterocycles. The summed E-state index contributed by atoms with van der Waals surface area (Å²) in [6.45, 7) is 6.38. The third-order valence-electron chi connectivity index (χ3n) is 3.97. The Bertz CT molecular complexity index is 472. The van der Waals surface area contributed by atoms with Crippen molar-refractivity contribution < 1.29 is 9.90 Å². The topological polar surface area (TPSA) is 64.6 Å². The number of carbonyl (C=O) groups is 1. The molecule has 0 aromatic heterocycles. The van der Waals surface area contributed by atoms with Crippen LogP contribution in [0.25, 0.3) is 0 Å². The second-order valence-electron chi connectivity index (χ2n) is 5.61. The second kappa shape index (κ2) is 6.13. The summed E-state index contributed by atoms with van der Waals surface area (Å²) in [4.78, 5) is 13.4. The van der Waals surface area contributed by atoms with Gasteiger partial charge in [0.05, 0.1) is 6.61 Å². The number of benzene rings is 1. The average molecular weight is 277 g/mol. The van der Waals surface area contributed by atoms with Crippen molar-refractivity contribution in [1.29, 1.82) is 0 Å². The van der Waals surface area contributed by atoms with E-state index in [4.69, 9.17) is 0 Å². The molecule has 5 nitrogen and oxygen atoms in total. The highest BCUT2D eigenvalue weighted by molar-refractivity contribution is 5.94. The van der Waals surface area contributed by atoms with Crippen molar-refractivity contribution in [2.45, 2.75) is 20.3 Å². The van der Waals surface area contributed by atoms with Crippen molar-refractivity contribution in [3.8, 4) is 0 Å². The zero-order chi connectivity index (χ0) is 14.6. The summed E-state index contributed by atoms with van der Waals surface area (Å²) in [5, 5.41) is 15.6. The van der Waals surface area contributed by atoms with Gasteiger partial charge >= 0.3 is 6.03 Å². The minimum atomic E-state index is -0.124. The van der Waals surface area contributed by atoms with E-state index in [2.05, 4.69) is 24.5 Å². The van der Waals surface area contributed by atoms with Crippen LogP contribution in [0.2, 0.25) is 0 Å². The summed E-state index contributed by atoms with van der Waals surface area (Å²) in [7, 11) is 0. The van der Waals surface area contributed by atoms with Crippen molar-refractivity contribution in [2.75, 3.05) is 36.5 Å². The lowest BCUT2D eigenvalue weighted by Gasteiger charge is -2.26. The molecular weight excluding hydrogens is 254 g/mol. The Hall–Kier alpha value is -1.75. The number of amides is 2. The van der Waals surface area contributed by atoms with Gasteiger partial charge in [0.1, 0.15) is 0 Å². The number of nitrogens with zero attached hydrogens (tertiary/aromatic N) is 1. The summed E-state index contributed by atoms with van der Waals surface area (Å²) in [5.74, 6) is 0. The molecular formula is C15H23N3O2. The highest BCUT2D eigenvalue weighted by Crippen LogP contribution is 2.24. The van der Waals surface area contributed by atoms with Crippen LogP contribution in [0.15, 0.2) is 24.3 Å². The summed E-state index contributed by atoms with van der Waals surface area (Å²) >= 11 is 0. The maximum absolute atomic E-state index is 11.7. The van der Waals surface area contributed by atoms with Crippen molar-refractivity contribution in [1.82, 2.24) is 5.32 Å². The molecule has 2 amide bonds. The van der Waals surface area contributed by atoms with E-state index in [1.54, 1.807) is 4.90 Å². The standard InChI is InChI=1S/C15H23N3O2/c1-3-15(2,11-19)10-17-12-5-4-6-13(9-12)18-8-7-16-14(18)20/h4-6,9,17,19H,3,7-8,10-11H2,1-2H3,(H,16,20). The summed E-state index contributed by atoms with van der Waals surface area (Å²) in [5.41, 5.74) is 1.74. The van der Waals surface area contributed by atoms with Gasteiger partial charge < -0.3 is 15.7 Å². The Morgan fingerprint density at radius 2 is 2.30 bits per heavy atom. The fourth-order valence-corrected chi connectivity index (χ4v) is 2.11. The summed E-state index contributed by atoms with van der Waals surface area (Å²) in [6, 6.07) is 7.77. The van der Waals surface area contributed by atoms with Gasteiger partial charge in [-0.25, -0.2) is 4.79 Å². The average Bonchev–Trinajstić information content (AvgIpc) is 2.91. The van der Waals surface area contributed by atoms with Crippen LogP contribution in [0.5, 0.6) is 0 Å². The van der Waals surface area contributed by atoms with Crippen LogP contribution in [-0.2, 0) is 0 Å². The van der Waals surface area contributed by atoms with E-state index in [1.807, 2.05) is 24.3 Å². The van der Waals surface area contributed by atoms with E-state index < -0.39 is 0 Å². The van der Waals surface area contributed by atoms with E-state index >= 15 is 0 Å². The van der Waals surface area contributed by atoms with Gasteiger partial charge in [-0.15, -0.1) is 0 Å². The zero-order valence-electron chi connectivity index (χ0n) is 12.1. The molecule has 2 rings (SSSR count). The molecule has 1 aromatic carbocycles. The van der Waals surface area contributed by atoms with E-state index in [0.29, 0.717) is 19.6 Å². The number of anilines is 2. The molecule has 0 saturated carbocycles. The number of aliphatic hydroxyl groups excluding tert-OH is 1. The Morgan fingerprint density at radius 3 is 2.90 bits per heavy atom. The van der Waals surface area contributed by atoms with Crippen LogP contribution < -0.4 is 15.5 Å². The monoisotopic (exact) mass is 277 g/mol. The molecule has 0 spiro atoms.